The number of halogens is 1. The summed E-state index contributed by atoms with van der Waals surface area (Å²) in [6, 6.07) is 29.3. The van der Waals surface area contributed by atoms with E-state index in [4.69, 9.17) is 4.74 Å². The van der Waals surface area contributed by atoms with Gasteiger partial charge in [-0.15, -0.1) is 23.7 Å². The van der Waals surface area contributed by atoms with Crippen LogP contribution in [0.25, 0.3) is 0 Å². The lowest BCUT2D eigenvalue weighted by Gasteiger charge is -2.09. The fourth-order valence-corrected chi connectivity index (χ4v) is 3.59. The molecule has 0 saturated carbocycles. The van der Waals surface area contributed by atoms with Crippen molar-refractivity contribution in [2.45, 2.75) is 6.42 Å². The topological polar surface area (TPSA) is 74.8 Å². The molecule has 4 aromatic rings. The van der Waals surface area contributed by atoms with Crippen LogP contribution >= 0.6 is 23.7 Å². The van der Waals surface area contributed by atoms with Gasteiger partial charge < -0.3 is 15.4 Å². The van der Waals surface area contributed by atoms with Crippen LogP contribution in [0, 0.1) is 0 Å². The van der Waals surface area contributed by atoms with Crippen molar-refractivity contribution >= 4 is 63.9 Å². The molecule has 1 amide bonds. The van der Waals surface area contributed by atoms with Crippen molar-refractivity contribution in [2.24, 2.45) is 4.99 Å². The Morgan fingerprint density at radius 2 is 1.50 bits per heavy atom. The zero-order valence-electron chi connectivity index (χ0n) is 18.3. The first-order valence-electron chi connectivity index (χ1n) is 10.5. The van der Waals surface area contributed by atoms with Crippen molar-refractivity contribution in [3.05, 3.63) is 102 Å². The Hall–Kier alpha value is -3.81. The third-order valence-corrected chi connectivity index (χ3v) is 5.48. The number of carbonyl (C=O) groups excluding carboxylic acids is 1. The Bertz CT molecular complexity index is 1170. The molecule has 3 aromatic carbocycles. The summed E-state index contributed by atoms with van der Waals surface area (Å²) in [6.45, 7) is 0.298. The quantitative estimate of drug-likeness (QED) is 0.167. The van der Waals surface area contributed by atoms with Crippen LogP contribution in [0.3, 0.4) is 0 Å². The maximum atomic E-state index is 12.1. The van der Waals surface area contributed by atoms with Crippen LogP contribution in [-0.4, -0.2) is 19.0 Å². The predicted octanol–water partition coefficient (Wildman–Crippen LogP) is 7.48. The number of thiophene rings is 1. The highest BCUT2D eigenvalue weighted by molar-refractivity contribution is 7.13. The Labute approximate surface area is 209 Å². The van der Waals surface area contributed by atoms with E-state index in [1.165, 1.54) is 0 Å². The summed E-state index contributed by atoms with van der Waals surface area (Å²) in [6.07, 6.45) is 1.84. The fourth-order valence-electron chi connectivity index (χ4n) is 3.02. The van der Waals surface area contributed by atoms with Crippen LogP contribution in [0.5, 0.6) is 0 Å². The molecular formula is C26H25ClN4O2S. The largest absolute Gasteiger partial charge is 0.449 e. The van der Waals surface area contributed by atoms with E-state index in [1.54, 1.807) is 17.7 Å². The molecule has 0 atom stereocenters. The number of carbonyl (C=O) groups is 1. The zero-order valence-corrected chi connectivity index (χ0v) is 19.9. The summed E-state index contributed by atoms with van der Waals surface area (Å²) in [5, 5.41) is 12.1. The van der Waals surface area contributed by atoms with Crippen LogP contribution in [0.2, 0.25) is 0 Å². The van der Waals surface area contributed by atoms with E-state index in [-0.39, 0.29) is 12.4 Å². The number of amides is 1. The van der Waals surface area contributed by atoms with Crippen LogP contribution in [-0.2, 0) is 11.2 Å². The molecule has 0 fully saturated rings. The van der Waals surface area contributed by atoms with Gasteiger partial charge in [-0.25, -0.2) is 9.79 Å². The summed E-state index contributed by atoms with van der Waals surface area (Å²) in [5.41, 5.74) is 4.66. The second kappa shape index (κ2) is 13.0. The van der Waals surface area contributed by atoms with Gasteiger partial charge in [-0.1, -0.05) is 30.3 Å². The molecule has 0 bridgehead atoms. The van der Waals surface area contributed by atoms with Gasteiger partial charge in [-0.2, -0.15) is 0 Å². The number of benzene rings is 3. The number of hydrogen-bond donors (Lipinski definition) is 3. The van der Waals surface area contributed by atoms with Crippen LogP contribution in [0.4, 0.5) is 32.5 Å². The van der Waals surface area contributed by atoms with Gasteiger partial charge in [0.05, 0.1) is 12.9 Å². The smallest absolute Gasteiger partial charge is 0.411 e. The van der Waals surface area contributed by atoms with E-state index in [9.17, 15) is 4.79 Å². The molecule has 3 N–H and O–H groups in total. The lowest BCUT2D eigenvalue weighted by Crippen LogP contribution is -2.15. The number of aliphatic imine (C=N–C) groups is 1. The summed E-state index contributed by atoms with van der Waals surface area (Å²) >= 11 is 1.59. The van der Waals surface area contributed by atoms with Gasteiger partial charge in [0.15, 0.2) is 0 Å². The maximum absolute atomic E-state index is 12.1. The van der Waals surface area contributed by atoms with Crippen molar-refractivity contribution in [1.82, 2.24) is 0 Å². The third kappa shape index (κ3) is 7.95. The number of hydrogen-bond acceptors (Lipinski definition) is 5. The predicted molar refractivity (Wildman–Crippen MR) is 145 cm³/mol. The average Bonchev–Trinajstić information content (AvgIpc) is 3.36. The second-order valence-corrected chi connectivity index (χ2v) is 8.06. The van der Waals surface area contributed by atoms with E-state index in [1.807, 2.05) is 96.4 Å². The minimum atomic E-state index is -0.471. The molecule has 1 heterocycles. The zero-order chi connectivity index (χ0) is 22.7. The monoisotopic (exact) mass is 492 g/mol. The SMILES string of the molecule is Cl.O=C(Nc1ccc(Nc2ccccc2)cc1)OCCc1ccc(N/C=N/c2cccs2)cc1. The van der Waals surface area contributed by atoms with Crippen molar-refractivity contribution in [1.29, 1.82) is 0 Å². The second-order valence-electron chi connectivity index (χ2n) is 7.13. The van der Waals surface area contributed by atoms with E-state index in [0.29, 0.717) is 18.7 Å². The summed E-state index contributed by atoms with van der Waals surface area (Å²) < 4.78 is 5.31. The van der Waals surface area contributed by atoms with Crippen molar-refractivity contribution in [2.75, 3.05) is 22.6 Å². The van der Waals surface area contributed by atoms with Gasteiger partial charge in [0.25, 0.3) is 0 Å². The number of anilines is 4. The van der Waals surface area contributed by atoms with Crippen molar-refractivity contribution < 1.29 is 9.53 Å². The molecule has 0 aliphatic carbocycles. The van der Waals surface area contributed by atoms with Gasteiger partial charge in [0.2, 0.25) is 0 Å². The molecule has 0 aliphatic rings. The Kier molecular flexibility index (Phi) is 9.52. The van der Waals surface area contributed by atoms with Gasteiger partial charge in [0, 0.05) is 29.2 Å². The Balaban J connectivity index is 0.00000324. The molecule has 6 nitrogen and oxygen atoms in total. The van der Waals surface area contributed by atoms with Crippen molar-refractivity contribution in [3.63, 3.8) is 0 Å². The Morgan fingerprint density at radius 1 is 0.824 bits per heavy atom. The molecule has 0 spiro atoms. The summed E-state index contributed by atoms with van der Waals surface area (Å²) in [4.78, 5) is 16.4. The van der Waals surface area contributed by atoms with Crippen molar-refractivity contribution in [3.8, 4) is 0 Å². The number of nitrogens with zero attached hydrogens (tertiary/aromatic N) is 1. The normalized spacial score (nSPS) is 10.4. The van der Waals surface area contributed by atoms with Crippen LogP contribution in [0.15, 0.2) is 101 Å². The minimum absolute atomic E-state index is 0. The maximum Gasteiger partial charge on any atom is 0.411 e. The van der Waals surface area contributed by atoms with E-state index >= 15 is 0 Å². The highest BCUT2D eigenvalue weighted by Crippen LogP contribution is 2.19. The van der Waals surface area contributed by atoms with Crippen LogP contribution < -0.4 is 16.0 Å². The molecule has 0 saturated heterocycles. The lowest BCUT2D eigenvalue weighted by atomic mass is 10.1. The molecule has 1 aromatic heterocycles. The average molecular weight is 493 g/mol. The number of rotatable bonds is 9. The first kappa shape index (κ1) is 24.8. The van der Waals surface area contributed by atoms with E-state index < -0.39 is 6.09 Å². The standard InChI is InChI=1S/C26H24N4O2S.ClH/c31-26(30-24-14-12-23(13-15-24)29-22-5-2-1-3-6-22)32-17-16-20-8-10-21(11-9-20)27-19-28-25-7-4-18-33-25;/h1-15,18-19,29H,16-17H2,(H,27,28)(H,30,31);1H. The molecule has 0 unspecified atom stereocenters. The van der Waals surface area contributed by atoms with Gasteiger partial charge in [0.1, 0.15) is 5.00 Å². The molecule has 8 heteroatoms. The van der Waals surface area contributed by atoms with Gasteiger partial charge in [-0.05, 0) is 71.6 Å². The molecule has 34 heavy (non-hydrogen) atoms. The van der Waals surface area contributed by atoms with Gasteiger partial charge >= 0.3 is 6.09 Å². The number of ether oxygens (including phenoxy) is 1. The van der Waals surface area contributed by atoms with Gasteiger partial charge in [-0.3, -0.25) is 5.32 Å². The van der Waals surface area contributed by atoms with Crippen LogP contribution in [0.1, 0.15) is 5.56 Å². The molecule has 174 valence electrons. The summed E-state index contributed by atoms with van der Waals surface area (Å²) in [7, 11) is 0. The number of para-hydroxylation sites is 1. The molecule has 4 rings (SSSR count). The molecular weight excluding hydrogens is 468 g/mol. The molecule has 0 radical (unpaired) electrons. The molecule has 0 aliphatic heterocycles. The van der Waals surface area contributed by atoms with E-state index in [2.05, 4.69) is 20.9 Å². The first-order valence-corrected chi connectivity index (χ1v) is 11.4. The lowest BCUT2D eigenvalue weighted by molar-refractivity contribution is 0.163. The Morgan fingerprint density at radius 3 is 2.21 bits per heavy atom. The van der Waals surface area contributed by atoms with E-state index in [0.717, 1.165) is 27.6 Å². The highest BCUT2D eigenvalue weighted by atomic mass is 35.5. The first-order chi connectivity index (χ1) is 16.2. The fraction of sp³-hybridized carbons (Fsp3) is 0.0769. The third-order valence-electron chi connectivity index (χ3n) is 4.70. The highest BCUT2D eigenvalue weighted by Gasteiger charge is 2.04. The summed E-state index contributed by atoms with van der Waals surface area (Å²) in [5.74, 6) is 0. The number of nitrogens with one attached hydrogen (secondary N) is 3. The minimum Gasteiger partial charge on any atom is -0.449 e.